The molecule has 4 heteroatoms. The van der Waals surface area contributed by atoms with E-state index in [1.165, 1.54) is 13.0 Å². The summed E-state index contributed by atoms with van der Waals surface area (Å²) in [7, 11) is 0. The van der Waals surface area contributed by atoms with Gasteiger partial charge >= 0.3 is 5.97 Å². The maximum Gasteiger partial charge on any atom is 0.335 e. The van der Waals surface area contributed by atoms with Gasteiger partial charge in [-0.1, -0.05) is 0 Å². The fraction of sp³-hybridized carbons (Fsp3) is 0.429. The molecule has 0 saturated heterocycles. The summed E-state index contributed by atoms with van der Waals surface area (Å²) < 4.78 is 4.60. The Labute approximate surface area is 64.6 Å². The molecule has 0 amide bonds. The molecule has 0 aliphatic carbocycles. The average molecular weight is 155 g/mol. The van der Waals surface area contributed by atoms with Crippen molar-refractivity contribution in [2.75, 3.05) is 6.61 Å². The van der Waals surface area contributed by atoms with Crippen LogP contribution < -0.4 is 0 Å². The molecule has 0 aromatic carbocycles. The highest BCUT2D eigenvalue weighted by Gasteiger charge is 2.02. The van der Waals surface area contributed by atoms with E-state index in [0.29, 0.717) is 6.61 Å². The number of isocyanates is 1. The third-order valence-corrected chi connectivity index (χ3v) is 0.908. The predicted molar refractivity (Wildman–Crippen MR) is 38.5 cm³/mol. The first-order chi connectivity index (χ1) is 5.22. The van der Waals surface area contributed by atoms with E-state index in [1.807, 2.05) is 0 Å². The summed E-state index contributed by atoms with van der Waals surface area (Å²) in [6.07, 6.45) is 2.40. The van der Waals surface area contributed by atoms with Gasteiger partial charge in [0, 0.05) is 0 Å². The lowest BCUT2D eigenvalue weighted by molar-refractivity contribution is -0.138. The van der Waals surface area contributed by atoms with Crippen molar-refractivity contribution in [2.45, 2.75) is 13.8 Å². The van der Waals surface area contributed by atoms with Gasteiger partial charge in [0.05, 0.1) is 18.4 Å². The van der Waals surface area contributed by atoms with E-state index in [1.54, 1.807) is 6.92 Å². The molecule has 11 heavy (non-hydrogen) atoms. The second kappa shape index (κ2) is 5.38. The first kappa shape index (κ1) is 9.59. The zero-order chi connectivity index (χ0) is 8.69. The monoisotopic (exact) mass is 155 g/mol. The van der Waals surface area contributed by atoms with Crippen molar-refractivity contribution in [1.29, 1.82) is 0 Å². The van der Waals surface area contributed by atoms with Gasteiger partial charge in [-0.05, 0) is 13.8 Å². The van der Waals surface area contributed by atoms with E-state index in [4.69, 9.17) is 0 Å². The van der Waals surface area contributed by atoms with Gasteiger partial charge in [-0.25, -0.2) is 9.59 Å². The third kappa shape index (κ3) is 4.06. The molecule has 0 aromatic rings. The van der Waals surface area contributed by atoms with Crippen LogP contribution in [0.3, 0.4) is 0 Å². The Hall–Kier alpha value is -1.41. The van der Waals surface area contributed by atoms with Crippen LogP contribution in [0.15, 0.2) is 16.8 Å². The van der Waals surface area contributed by atoms with Gasteiger partial charge in [-0.15, -0.1) is 0 Å². The fourth-order valence-electron chi connectivity index (χ4n) is 0.421. The lowest BCUT2D eigenvalue weighted by Crippen LogP contribution is -2.04. The SMILES string of the molecule is CCOC(=O)C(C)=CN=C=O. The Morgan fingerprint density at radius 2 is 2.36 bits per heavy atom. The maximum absolute atomic E-state index is 10.8. The quantitative estimate of drug-likeness (QED) is 0.262. The molecule has 0 aliphatic rings. The van der Waals surface area contributed by atoms with Crippen LogP contribution in [0, 0.1) is 0 Å². The Balaban J connectivity index is 4.11. The summed E-state index contributed by atoms with van der Waals surface area (Å²) >= 11 is 0. The summed E-state index contributed by atoms with van der Waals surface area (Å²) in [6, 6.07) is 0. The van der Waals surface area contributed by atoms with Crippen LogP contribution in [0.2, 0.25) is 0 Å². The molecule has 0 unspecified atom stereocenters. The van der Waals surface area contributed by atoms with E-state index in [2.05, 4.69) is 9.73 Å². The highest BCUT2D eigenvalue weighted by Crippen LogP contribution is 1.95. The van der Waals surface area contributed by atoms with Crippen LogP contribution in [0.4, 0.5) is 0 Å². The molecule has 4 nitrogen and oxygen atoms in total. The van der Waals surface area contributed by atoms with Gasteiger partial charge in [-0.3, -0.25) is 0 Å². The number of nitrogens with zero attached hydrogens (tertiary/aromatic N) is 1. The van der Waals surface area contributed by atoms with Gasteiger partial charge < -0.3 is 4.74 Å². The largest absolute Gasteiger partial charge is 0.463 e. The first-order valence-electron chi connectivity index (χ1n) is 3.13. The second-order valence-electron chi connectivity index (χ2n) is 1.75. The van der Waals surface area contributed by atoms with Gasteiger partial charge in [0.25, 0.3) is 0 Å². The summed E-state index contributed by atoms with van der Waals surface area (Å²) in [5, 5.41) is 0. The Morgan fingerprint density at radius 3 is 2.82 bits per heavy atom. The van der Waals surface area contributed by atoms with Crippen LogP contribution in [0.25, 0.3) is 0 Å². The Morgan fingerprint density at radius 1 is 1.73 bits per heavy atom. The van der Waals surface area contributed by atoms with E-state index in [0.717, 1.165) is 6.20 Å². The molecule has 0 heterocycles. The van der Waals surface area contributed by atoms with Crippen molar-refractivity contribution in [3.63, 3.8) is 0 Å². The first-order valence-corrected chi connectivity index (χ1v) is 3.13. The summed E-state index contributed by atoms with van der Waals surface area (Å²) in [6.45, 7) is 3.53. The van der Waals surface area contributed by atoms with E-state index in [-0.39, 0.29) is 5.57 Å². The number of aliphatic imine (C=N–C) groups is 1. The number of carbonyl (C=O) groups excluding carboxylic acids is 2. The topological polar surface area (TPSA) is 55.7 Å². The minimum Gasteiger partial charge on any atom is -0.463 e. The summed E-state index contributed by atoms with van der Waals surface area (Å²) in [5.74, 6) is -0.466. The minimum absolute atomic E-state index is 0.287. The molecule has 0 saturated carbocycles. The number of hydrogen-bond acceptors (Lipinski definition) is 4. The molecule has 0 bridgehead atoms. The van der Waals surface area contributed by atoms with Crippen LogP contribution in [0.5, 0.6) is 0 Å². The molecule has 0 fully saturated rings. The highest BCUT2D eigenvalue weighted by molar-refractivity contribution is 5.87. The molecule has 0 rings (SSSR count). The Kier molecular flexibility index (Phi) is 4.69. The summed E-state index contributed by atoms with van der Waals surface area (Å²) in [4.78, 5) is 23.5. The van der Waals surface area contributed by atoms with Gasteiger partial charge in [0.1, 0.15) is 0 Å². The highest BCUT2D eigenvalue weighted by atomic mass is 16.5. The molecule has 0 N–H and O–H groups in total. The fourth-order valence-corrected chi connectivity index (χ4v) is 0.421. The maximum atomic E-state index is 10.8. The zero-order valence-electron chi connectivity index (χ0n) is 6.46. The van der Waals surface area contributed by atoms with Crippen molar-refractivity contribution in [3.05, 3.63) is 11.8 Å². The molecular weight excluding hydrogens is 146 g/mol. The normalized spacial score (nSPS) is 10.2. The number of carbonyl (C=O) groups is 1. The number of hydrogen-bond donors (Lipinski definition) is 0. The zero-order valence-corrected chi connectivity index (χ0v) is 6.46. The third-order valence-electron chi connectivity index (χ3n) is 0.908. The van der Waals surface area contributed by atoms with E-state index >= 15 is 0 Å². The van der Waals surface area contributed by atoms with Crippen molar-refractivity contribution in [3.8, 4) is 0 Å². The number of ether oxygens (including phenoxy) is 1. The van der Waals surface area contributed by atoms with Crippen molar-refractivity contribution in [1.82, 2.24) is 0 Å². The molecule has 0 aliphatic heterocycles. The van der Waals surface area contributed by atoms with Crippen molar-refractivity contribution < 1.29 is 14.3 Å². The molecule has 60 valence electrons. The average Bonchev–Trinajstić information content (AvgIpc) is 2.00. The lowest BCUT2D eigenvalue weighted by atomic mass is 10.3. The minimum atomic E-state index is -0.466. The van der Waals surface area contributed by atoms with Crippen LogP contribution in [-0.2, 0) is 14.3 Å². The van der Waals surface area contributed by atoms with Crippen LogP contribution in [0.1, 0.15) is 13.8 Å². The van der Waals surface area contributed by atoms with Gasteiger partial charge in [0.2, 0.25) is 6.08 Å². The molecule has 0 spiro atoms. The second-order valence-corrected chi connectivity index (χ2v) is 1.75. The number of rotatable bonds is 3. The molecular formula is C7H9NO3. The van der Waals surface area contributed by atoms with Crippen LogP contribution >= 0.6 is 0 Å². The lowest BCUT2D eigenvalue weighted by Gasteiger charge is -1.97. The molecule has 0 atom stereocenters. The predicted octanol–water partition coefficient (Wildman–Crippen LogP) is 0.789. The summed E-state index contributed by atoms with van der Waals surface area (Å²) in [5.41, 5.74) is 0.287. The van der Waals surface area contributed by atoms with E-state index < -0.39 is 5.97 Å². The Bertz CT molecular complexity index is 214. The molecule has 0 radical (unpaired) electrons. The van der Waals surface area contributed by atoms with Gasteiger partial charge in [0.15, 0.2) is 0 Å². The smallest absolute Gasteiger partial charge is 0.335 e. The number of esters is 1. The standard InChI is InChI=1S/C7H9NO3/c1-3-11-7(10)6(2)4-8-5-9/h4H,3H2,1-2H3. The molecule has 0 aromatic heterocycles. The van der Waals surface area contributed by atoms with Crippen molar-refractivity contribution >= 4 is 12.0 Å². The van der Waals surface area contributed by atoms with Crippen LogP contribution in [-0.4, -0.2) is 18.7 Å². The van der Waals surface area contributed by atoms with Gasteiger partial charge in [-0.2, -0.15) is 4.99 Å². The van der Waals surface area contributed by atoms with Crippen molar-refractivity contribution in [2.24, 2.45) is 4.99 Å². The van der Waals surface area contributed by atoms with E-state index in [9.17, 15) is 9.59 Å².